The number of hydrogen-bond donors (Lipinski definition) is 1. The molecule has 0 aliphatic heterocycles. The Balaban J connectivity index is 1.80. The normalized spacial score (nSPS) is 11.2. The lowest BCUT2D eigenvalue weighted by atomic mass is 10.2. The first kappa shape index (κ1) is 18.2. The van der Waals surface area contributed by atoms with E-state index in [1.807, 2.05) is 44.2 Å². The number of carbonyl (C=O) groups is 1. The van der Waals surface area contributed by atoms with Gasteiger partial charge in [0.15, 0.2) is 0 Å². The average Bonchev–Trinajstić information content (AvgIpc) is 3.12. The molecule has 2 heterocycles. The quantitative estimate of drug-likeness (QED) is 0.575. The van der Waals surface area contributed by atoms with E-state index in [9.17, 15) is 9.59 Å². The van der Waals surface area contributed by atoms with Crippen LogP contribution in [0, 0.1) is 6.92 Å². The molecule has 2 aromatic heterocycles. The summed E-state index contributed by atoms with van der Waals surface area (Å²) < 4.78 is 3.18. The highest BCUT2D eigenvalue weighted by atomic mass is 35.5. The van der Waals surface area contributed by atoms with Gasteiger partial charge in [-0.25, -0.2) is 0 Å². The molecule has 4 rings (SSSR count). The number of fused-ring (bicyclic) bond motifs is 3. The van der Waals surface area contributed by atoms with E-state index in [2.05, 4.69) is 15.5 Å². The summed E-state index contributed by atoms with van der Waals surface area (Å²) in [6, 6.07) is 12.7. The molecule has 0 radical (unpaired) electrons. The molecule has 1 N–H and O–H groups in total. The van der Waals surface area contributed by atoms with Crippen LogP contribution in [0.3, 0.4) is 0 Å². The van der Waals surface area contributed by atoms with Crippen LogP contribution in [0.1, 0.15) is 18.3 Å². The van der Waals surface area contributed by atoms with Crippen molar-refractivity contribution in [2.24, 2.45) is 0 Å². The fraction of sp³-hybridized carbons (Fsp3) is 0.200. The first-order valence-electron chi connectivity index (χ1n) is 8.91. The van der Waals surface area contributed by atoms with Crippen molar-refractivity contribution < 1.29 is 4.79 Å². The van der Waals surface area contributed by atoms with Crippen LogP contribution in [0.2, 0.25) is 5.02 Å². The van der Waals surface area contributed by atoms with E-state index in [1.54, 1.807) is 16.5 Å². The number of rotatable bonds is 4. The largest absolute Gasteiger partial charge is 0.324 e. The van der Waals surface area contributed by atoms with Crippen molar-refractivity contribution in [2.45, 2.75) is 26.8 Å². The fourth-order valence-electron chi connectivity index (χ4n) is 3.27. The average molecular weight is 396 g/mol. The number of nitrogens with zero attached hydrogens (tertiary/aromatic N) is 4. The Morgan fingerprint density at radius 3 is 2.64 bits per heavy atom. The number of amides is 1. The molecule has 28 heavy (non-hydrogen) atoms. The lowest BCUT2D eigenvalue weighted by Crippen LogP contribution is -2.29. The summed E-state index contributed by atoms with van der Waals surface area (Å²) >= 11 is 6.02. The molecule has 7 nitrogen and oxygen atoms in total. The Hall–Kier alpha value is -3.19. The van der Waals surface area contributed by atoms with Crippen molar-refractivity contribution in [3.8, 4) is 0 Å². The molecule has 0 unspecified atom stereocenters. The van der Waals surface area contributed by atoms with Crippen LogP contribution in [-0.4, -0.2) is 25.1 Å². The summed E-state index contributed by atoms with van der Waals surface area (Å²) in [5.41, 5.74) is 2.78. The van der Waals surface area contributed by atoms with Gasteiger partial charge in [0.1, 0.15) is 12.4 Å². The van der Waals surface area contributed by atoms with E-state index >= 15 is 0 Å². The van der Waals surface area contributed by atoms with Crippen LogP contribution >= 0.6 is 11.6 Å². The van der Waals surface area contributed by atoms with Crippen molar-refractivity contribution in [3.63, 3.8) is 0 Å². The summed E-state index contributed by atoms with van der Waals surface area (Å²) in [7, 11) is 0. The van der Waals surface area contributed by atoms with Crippen molar-refractivity contribution in [2.75, 3.05) is 5.32 Å². The molecule has 0 atom stereocenters. The summed E-state index contributed by atoms with van der Waals surface area (Å²) in [6.45, 7) is 3.69. The minimum Gasteiger partial charge on any atom is -0.324 e. The van der Waals surface area contributed by atoms with Gasteiger partial charge >= 0.3 is 0 Å². The maximum absolute atomic E-state index is 13.0. The molecule has 0 saturated carbocycles. The number of aromatic nitrogens is 4. The van der Waals surface area contributed by atoms with Crippen molar-refractivity contribution in [1.82, 2.24) is 19.2 Å². The van der Waals surface area contributed by atoms with E-state index < -0.39 is 0 Å². The number of benzene rings is 2. The Labute approximate surface area is 165 Å². The molecule has 142 valence electrons. The highest BCUT2D eigenvalue weighted by Gasteiger charge is 2.17. The van der Waals surface area contributed by atoms with Gasteiger partial charge in [0.25, 0.3) is 5.56 Å². The predicted molar refractivity (Wildman–Crippen MR) is 109 cm³/mol. The molecule has 4 aromatic rings. The SMILES string of the molecule is CCc1nnc2c(=O)n(CC(=O)Nc3cc(Cl)ccc3C)c3ccccc3n12. The monoisotopic (exact) mass is 395 g/mol. The predicted octanol–water partition coefficient (Wildman–Crippen LogP) is 3.21. The number of nitrogens with one attached hydrogen (secondary N) is 1. The zero-order valence-corrected chi connectivity index (χ0v) is 16.2. The molecular formula is C20H18ClN5O2. The lowest BCUT2D eigenvalue weighted by Gasteiger charge is -2.13. The number of hydrogen-bond acceptors (Lipinski definition) is 4. The van der Waals surface area contributed by atoms with Gasteiger partial charge < -0.3 is 5.32 Å². The summed E-state index contributed by atoms with van der Waals surface area (Å²) in [4.78, 5) is 25.7. The summed E-state index contributed by atoms with van der Waals surface area (Å²) in [5.74, 6) is 0.381. The van der Waals surface area contributed by atoms with Crippen LogP contribution in [0.4, 0.5) is 5.69 Å². The van der Waals surface area contributed by atoms with Gasteiger partial charge in [-0.3, -0.25) is 18.6 Å². The fourth-order valence-corrected chi connectivity index (χ4v) is 3.44. The van der Waals surface area contributed by atoms with Gasteiger partial charge in [-0.15, -0.1) is 10.2 Å². The molecule has 8 heteroatoms. The second-order valence-corrected chi connectivity index (χ2v) is 6.95. The number of anilines is 1. The zero-order chi connectivity index (χ0) is 19.8. The molecular weight excluding hydrogens is 378 g/mol. The first-order chi connectivity index (χ1) is 13.5. The highest BCUT2D eigenvalue weighted by molar-refractivity contribution is 6.31. The molecule has 0 saturated heterocycles. The summed E-state index contributed by atoms with van der Waals surface area (Å²) in [5, 5.41) is 11.5. The number of para-hydroxylation sites is 2. The van der Waals surface area contributed by atoms with Crippen molar-refractivity contribution in [1.29, 1.82) is 0 Å². The van der Waals surface area contributed by atoms with Crippen LogP contribution in [0.15, 0.2) is 47.3 Å². The summed E-state index contributed by atoms with van der Waals surface area (Å²) in [6.07, 6.45) is 0.642. The van der Waals surface area contributed by atoms with E-state index in [-0.39, 0.29) is 23.7 Å². The first-order valence-corrected chi connectivity index (χ1v) is 9.29. The molecule has 0 aliphatic rings. The highest BCUT2D eigenvalue weighted by Crippen LogP contribution is 2.20. The number of carbonyl (C=O) groups excluding carboxylic acids is 1. The minimum absolute atomic E-state index is 0.143. The Bertz CT molecular complexity index is 1280. The third kappa shape index (κ3) is 3.03. The van der Waals surface area contributed by atoms with Gasteiger partial charge in [0.05, 0.1) is 11.0 Å². The van der Waals surface area contributed by atoms with Crippen molar-refractivity contribution >= 4 is 39.9 Å². The second kappa shape index (κ2) is 7.09. The standard InChI is InChI=1S/C20H18ClN5O2/c1-3-17-23-24-19-20(28)25(15-6-4-5-7-16(15)26(17)19)11-18(27)22-14-10-13(21)9-8-12(14)2/h4-10H,3,11H2,1-2H3,(H,22,27). The lowest BCUT2D eigenvalue weighted by molar-refractivity contribution is -0.116. The maximum atomic E-state index is 13.0. The van der Waals surface area contributed by atoms with Crippen molar-refractivity contribution in [3.05, 3.63) is 69.2 Å². The molecule has 1 amide bonds. The van der Waals surface area contributed by atoms with Gasteiger partial charge in [-0.05, 0) is 36.8 Å². The minimum atomic E-state index is -0.358. The Morgan fingerprint density at radius 1 is 1.14 bits per heavy atom. The Morgan fingerprint density at radius 2 is 1.89 bits per heavy atom. The number of halogens is 1. The number of aryl methyl sites for hydroxylation is 2. The van der Waals surface area contributed by atoms with E-state index in [1.165, 1.54) is 4.57 Å². The third-order valence-electron chi connectivity index (χ3n) is 4.67. The second-order valence-electron chi connectivity index (χ2n) is 6.52. The van der Waals surface area contributed by atoms with Crippen LogP contribution in [0.5, 0.6) is 0 Å². The van der Waals surface area contributed by atoms with E-state index in [0.717, 1.165) is 11.1 Å². The van der Waals surface area contributed by atoms with Crippen LogP contribution < -0.4 is 10.9 Å². The van der Waals surface area contributed by atoms with Gasteiger partial charge in [-0.2, -0.15) is 0 Å². The smallest absolute Gasteiger partial charge is 0.297 e. The topological polar surface area (TPSA) is 81.3 Å². The molecule has 0 bridgehead atoms. The Kier molecular flexibility index (Phi) is 4.60. The zero-order valence-electron chi connectivity index (χ0n) is 15.4. The molecule has 0 spiro atoms. The van der Waals surface area contributed by atoms with E-state index in [0.29, 0.717) is 28.5 Å². The van der Waals surface area contributed by atoms with Gasteiger partial charge in [0, 0.05) is 17.1 Å². The van der Waals surface area contributed by atoms with Crippen LogP contribution in [0.25, 0.3) is 16.7 Å². The van der Waals surface area contributed by atoms with Gasteiger partial charge in [0.2, 0.25) is 11.6 Å². The van der Waals surface area contributed by atoms with E-state index in [4.69, 9.17) is 11.6 Å². The molecule has 2 aromatic carbocycles. The molecule has 0 fully saturated rings. The third-order valence-corrected chi connectivity index (χ3v) is 4.91. The van der Waals surface area contributed by atoms with Crippen LogP contribution in [-0.2, 0) is 17.8 Å². The van der Waals surface area contributed by atoms with Gasteiger partial charge in [-0.1, -0.05) is 36.7 Å². The maximum Gasteiger partial charge on any atom is 0.297 e. The molecule has 0 aliphatic carbocycles.